The third-order valence-corrected chi connectivity index (χ3v) is 3.45. The Hall–Kier alpha value is -1.33. The first-order valence-electron chi connectivity index (χ1n) is 6.54. The van der Waals surface area contributed by atoms with Crippen molar-refractivity contribution in [2.45, 2.75) is 32.4 Å². The maximum atomic E-state index is 6.04. The zero-order chi connectivity index (χ0) is 13.2. The summed E-state index contributed by atoms with van der Waals surface area (Å²) in [7, 11) is 0. The lowest BCUT2D eigenvalue weighted by molar-refractivity contribution is 0.0951. The SMILES string of the molecule is CCOc1nc(Cl)cc2c1cnn2CC1CCCO1. The number of hydrogen-bond donors (Lipinski definition) is 0. The second-order valence-electron chi connectivity index (χ2n) is 4.58. The van der Waals surface area contributed by atoms with Gasteiger partial charge in [-0.05, 0) is 19.8 Å². The van der Waals surface area contributed by atoms with Crippen LogP contribution in [0.5, 0.6) is 5.88 Å². The van der Waals surface area contributed by atoms with E-state index in [1.54, 1.807) is 6.20 Å². The number of halogens is 1. The molecule has 5 nitrogen and oxygen atoms in total. The molecule has 2 aromatic rings. The first kappa shape index (κ1) is 12.7. The topological polar surface area (TPSA) is 49.2 Å². The Kier molecular flexibility index (Phi) is 3.57. The van der Waals surface area contributed by atoms with Crippen molar-refractivity contribution >= 4 is 22.5 Å². The summed E-state index contributed by atoms with van der Waals surface area (Å²) in [6.45, 7) is 4.07. The Morgan fingerprint density at radius 2 is 2.47 bits per heavy atom. The summed E-state index contributed by atoms with van der Waals surface area (Å²) < 4.78 is 13.1. The molecular formula is C13H16ClN3O2. The van der Waals surface area contributed by atoms with Gasteiger partial charge in [0.2, 0.25) is 5.88 Å². The maximum Gasteiger partial charge on any atom is 0.226 e. The van der Waals surface area contributed by atoms with E-state index >= 15 is 0 Å². The lowest BCUT2D eigenvalue weighted by atomic mass is 10.2. The summed E-state index contributed by atoms with van der Waals surface area (Å²) >= 11 is 6.04. The van der Waals surface area contributed by atoms with Gasteiger partial charge in [0.05, 0.1) is 36.4 Å². The number of aromatic nitrogens is 3. The van der Waals surface area contributed by atoms with Crippen LogP contribution in [0.2, 0.25) is 5.15 Å². The van der Waals surface area contributed by atoms with Crippen LogP contribution >= 0.6 is 11.6 Å². The van der Waals surface area contributed by atoms with Gasteiger partial charge in [0.1, 0.15) is 5.15 Å². The molecule has 2 aromatic heterocycles. The smallest absolute Gasteiger partial charge is 0.226 e. The number of nitrogens with zero attached hydrogens (tertiary/aromatic N) is 3. The number of ether oxygens (including phenoxy) is 2. The third kappa shape index (κ3) is 2.53. The van der Waals surface area contributed by atoms with Gasteiger partial charge >= 0.3 is 0 Å². The van der Waals surface area contributed by atoms with E-state index < -0.39 is 0 Å². The fourth-order valence-corrected chi connectivity index (χ4v) is 2.57. The largest absolute Gasteiger partial charge is 0.477 e. The minimum Gasteiger partial charge on any atom is -0.477 e. The molecule has 1 atom stereocenters. The number of pyridine rings is 1. The molecule has 1 fully saturated rings. The molecule has 102 valence electrons. The highest BCUT2D eigenvalue weighted by atomic mass is 35.5. The molecule has 0 amide bonds. The van der Waals surface area contributed by atoms with Gasteiger partial charge in [-0.2, -0.15) is 5.10 Å². The van der Waals surface area contributed by atoms with Crippen LogP contribution in [0.4, 0.5) is 0 Å². The lowest BCUT2D eigenvalue weighted by Gasteiger charge is -2.10. The highest BCUT2D eigenvalue weighted by molar-refractivity contribution is 6.30. The molecule has 3 heterocycles. The predicted octanol–water partition coefficient (Wildman–Crippen LogP) is 2.66. The zero-order valence-electron chi connectivity index (χ0n) is 10.8. The highest BCUT2D eigenvalue weighted by Crippen LogP contribution is 2.27. The second-order valence-corrected chi connectivity index (χ2v) is 4.96. The van der Waals surface area contributed by atoms with Crippen LogP contribution in [0.1, 0.15) is 19.8 Å². The van der Waals surface area contributed by atoms with Crippen LogP contribution in [-0.2, 0) is 11.3 Å². The standard InChI is InChI=1S/C13H16ClN3O2/c1-2-18-13-10-7-15-17(8-9-4-3-5-19-9)11(10)6-12(14)16-13/h6-7,9H,2-5,8H2,1H3. The molecule has 0 radical (unpaired) electrons. The van der Waals surface area contributed by atoms with E-state index in [4.69, 9.17) is 21.1 Å². The molecule has 1 saturated heterocycles. The molecule has 3 rings (SSSR count). The molecule has 6 heteroatoms. The van der Waals surface area contributed by atoms with Gasteiger partial charge in [-0.25, -0.2) is 4.98 Å². The van der Waals surface area contributed by atoms with Gasteiger partial charge in [-0.3, -0.25) is 4.68 Å². The van der Waals surface area contributed by atoms with Crippen LogP contribution in [0.15, 0.2) is 12.3 Å². The predicted molar refractivity (Wildman–Crippen MR) is 72.7 cm³/mol. The maximum absolute atomic E-state index is 6.04. The van der Waals surface area contributed by atoms with Gasteiger partial charge in [0, 0.05) is 12.7 Å². The van der Waals surface area contributed by atoms with Crippen molar-refractivity contribution in [2.24, 2.45) is 0 Å². The fourth-order valence-electron chi connectivity index (χ4n) is 2.39. The van der Waals surface area contributed by atoms with E-state index in [0.29, 0.717) is 17.6 Å². The minimum absolute atomic E-state index is 0.241. The molecule has 19 heavy (non-hydrogen) atoms. The fraction of sp³-hybridized carbons (Fsp3) is 0.538. The molecule has 0 N–H and O–H groups in total. The van der Waals surface area contributed by atoms with Gasteiger partial charge in [-0.15, -0.1) is 0 Å². The number of hydrogen-bond acceptors (Lipinski definition) is 4. The summed E-state index contributed by atoms with van der Waals surface area (Å²) in [6, 6.07) is 1.82. The minimum atomic E-state index is 0.241. The molecule has 1 unspecified atom stereocenters. The molecule has 1 aliphatic heterocycles. The quantitative estimate of drug-likeness (QED) is 0.809. The molecule has 0 aromatic carbocycles. The summed E-state index contributed by atoms with van der Waals surface area (Å²) in [6.07, 6.45) is 4.22. The normalized spacial score (nSPS) is 19.2. The van der Waals surface area contributed by atoms with Crippen molar-refractivity contribution in [3.63, 3.8) is 0 Å². The van der Waals surface area contributed by atoms with Crippen molar-refractivity contribution in [3.05, 3.63) is 17.4 Å². The number of fused-ring (bicyclic) bond motifs is 1. The Bertz CT molecular complexity index is 579. The first-order valence-corrected chi connectivity index (χ1v) is 6.92. The van der Waals surface area contributed by atoms with E-state index in [2.05, 4.69) is 10.1 Å². The second kappa shape index (κ2) is 5.35. The van der Waals surface area contributed by atoms with Crippen molar-refractivity contribution in [3.8, 4) is 5.88 Å². The van der Waals surface area contributed by atoms with E-state index in [1.165, 1.54) is 0 Å². The van der Waals surface area contributed by atoms with Crippen LogP contribution < -0.4 is 4.74 Å². The van der Waals surface area contributed by atoms with Crippen molar-refractivity contribution in [1.29, 1.82) is 0 Å². The summed E-state index contributed by atoms with van der Waals surface area (Å²) in [5.74, 6) is 0.545. The summed E-state index contributed by atoms with van der Waals surface area (Å²) in [4.78, 5) is 4.19. The van der Waals surface area contributed by atoms with E-state index in [0.717, 1.165) is 36.9 Å². The summed E-state index contributed by atoms with van der Waals surface area (Å²) in [5, 5.41) is 5.71. The molecular weight excluding hydrogens is 266 g/mol. The van der Waals surface area contributed by atoms with Crippen LogP contribution in [-0.4, -0.2) is 34.1 Å². The van der Waals surface area contributed by atoms with Crippen molar-refractivity contribution in [2.75, 3.05) is 13.2 Å². The van der Waals surface area contributed by atoms with Crippen molar-refractivity contribution < 1.29 is 9.47 Å². The lowest BCUT2D eigenvalue weighted by Crippen LogP contribution is -2.15. The average Bonchev–Trinajstić information content (AvgIpc) is 3.01. The molecule has 1 aliphatic rings. The zero-order valence-corrected chi connectivity index (χ0v) is 11.6. The third-order valence-electron chi connectivity index (χ3n) is 3.26. The van der Waals surface area contributed by atoms with E-state index in [1.807, 2.05) is 17.7 Å². The Labute approximate surface area is 116 Å². The molecule has 0 saturated carbocycles. The molecule has 0 bridgehead atoms. The van der Waals surface area contributed by atoms with Crippen LogP contribution in [0.3, 0.4) is 0 Å². The molecule has 0 aliphatic carbocycles. The monoisotopic (exact) mass is 281 g/mol. The Morgan fingerprint density at radius 3 is 3.21 bits per heavy atom. The van der Waals surface area contributed by atoms with Crippen LogP contribution in [0, 0.1) is 0 Å². The van der Waals surface area contributed by atoms with E-state index in [-0.39, 0.29) is 6.10 Å². The summed E-state index contributed by atoms with van der Waals surface area (Å²) in [5.41, 5.74) is 0.943. The Balaban J connectivity index is 1.96. The van der Waals surface area contributed by atoms with Gasteiger partial charge in [0.25, 0.3) is 0 Å². The number of rotatable bonds is 4. The molecule has 0 spiro atoms. The van der Waals surface area contributed by atoms with Crippen LogP contribution in [0.25, 0.3) is 10.9 Å². The van der Waals surface area contributed by atoms with Gasteiger partial charge < -0.3 is 9.47 Å². The highest BCUT2D eigenvalue weighted by Gasteiger charge is 2.19. The first-order chi connectivity index (χ1) is 9.28. The van der Waals surface area contributed by atoms with E-state index in [9.17, 15) is 0 Å². The van der Waals surface area contributed by atoms with Gasteiger partial charge in [-0.1, -0.05) is 11.6 Å². The van der Waals surface area contributed by atoms with Gasteiger partial charge in [0.15, 0.2) is 0 Å². The Morgan fingerprint density at radius 1 is 1.58 bits per heavy atom. The average molecular weight is 282 g/mol. The van der Waals surface area contributed by atoms with Crippen molar-refractivity contribution in [1.82, 2.24) is 14.8 Å².